The summed E-state index contributed by atoms with van der Waals surface area (Å²) >= 11 is 0. The summed E-state index contributed by atoms with van der Waals surface area (Å²) < 4.78 is 33.3. The van der Waals surface area contributed by atoms with Crippen LogP contribution in [0.2, 0.25) is 0 Å². The van der Waals surface area contributed by atoms with Gasteiger partial charge in [0.25, 0.3) is 5.91 Å². The molecule has 0 atom stereocenters. The fraction of sp³-hybridized carbons (Fsp3) is 0.381. The van der Waals surface area contributed by atoms with Gasteiger partial charge in [0.05, 0.1) is 7.11 Å². The van der Waals surface area contributed by atoms with Crippen molar-refractivity contribution in [1.29, 1.82) is 0 Å². The zero-order valence-electron chi connectivity index (χ0n) is 16.4. The summed E-state index contributed by atoms with van der Waals surface area (Å²) in [6.45, 7) is 2.64. The van der Waals surface area contributed by atoms with E-state index in [4.69, 9.17) is 4.74 Å². The Bertz CT molecular complexity index is 982. The van der Waals surface area contributed by atoms with Crippen molar-refractivity contribution in [2.24, 2.45) is 0 Å². The number of ether oxygens (including phenoxy) is 1. The molecule has 154 valence electrons. The second kappa shape index (κ2) is 8.04. The van der Waals surface area contributed by atoms with Gasteiger partial charge in [-0.2, -0.15) is 0 Å². The van der Waals surface area contributed by atoms with E-state index in [9.17, 15) is 13.2 Å². The quantitative estimate of drug-likeness (QED) is 0.782. The SMILES string of the molecule is COc1ccc(C(=O)N2CCN(c3ccccc3)CC2)cc1S(=O)(=O)NC1CC1. The van der Waals surface area contributed by atoms with Crippen LogP contribution in [0.15, 0.2) is 53.4 Å². The molecule has 2 aromatic carbocycles. The van der Waals surface area contributed by atoms with Crippen LogP contribution in [0.1, 0.15) is 23.2 Å². The predicted octanol–water partition coefficient (Wildman–Crippen LogP) is 2.10. The molecule has 0 aromatic heterocycles. The van der Waals surface area contributed by atoms with Gasteiger partial charge in [-0.3, -0.25) is 4.79 Å². The summed E-state index contributed by atoms with van der Waals surface area (Å²) in [6, 6.07) is 14.7. The van der Waals surface area contributed by atoms with Crippen molar-refractivity contribution in [2.45, 2.75) is 23.8 Å². The second-order valence-corrected chi connectivity index (χ2v) is 9.06. The van der Waals surface area contributed by atoms with Crippen LogP contribution in [0.5, 0.6) is 5.75 Å². The minimum atomic E-state index is -3.73. The molecule has 1 N–H and O–H groups in total. The number of hydrogen-bond acceptors (Lipinski definition) is 5. The standard InChI is InChI=1S/C21H25N3O4S/c1-28-19-10-7-16(15-20(19)29(26,27)22-17-8-9-17)21(25)24-13-11-23(12-14-24)18-5-3-2-4-6-18/h2-7,10,15,17,22H,8-9,11-14H2,1H3. The summed E-state index contributed by atoms with van der Waals surface area (Å²) in [5.41, 5.74) is 1.50. The molecule has 1 saturated heterocycles. The van der Waals surface area contributed by atoms with Crippen LogP contribution < -0.4 is 14.4 Å². The minimum absolute atomic E-state index is 0.0145. The Morgan fingerprint density at radius 3 is 2.34 bits per heavy atom. The first-order valence-corrected chi connectivity index (χ1v) is 11.3. The largest absolute Gasteiger partial charge is 0.495 e. The number of anilines is 1. The lowest BCUT2D eigenvalue weighted by Crippen LogP contribution is -2.48. The van der Waals surface area contributed by atoms with Gasteiger partial charge in [0.2, 0.25) is 10.0 Å². The fourth-order valence-corrected chi connectivity index (χ4v) is 4.99. The number of methoxy groups -OCH3 is 1. The number of carbonyl (C=O) groups excluding carboxylic acids is 1. The number of nitrogens with zero attached hydrogens (tertiary/aromatic N) is 2. The zero-order chi connectivity index (χ0) is 20.4. The average molecular weight is 416 g/mol. The molecule has 4 rings (SSSR count). The maximum absolute atomic E-state index is 13.0. The van der Waals surface area contributed by atoms with Crippen molar-refractivity contribution < 1.29 is 17.9 Å². The number of carbonyl (C=O) groups is 1. The van der Waals surface area contributed by atoms with E-state index in [1.54, 1.807) is 17.0 Å². The number of amides is 1. The summed E-state index contributed by atoms with van der Waals surface area (Å²) in [5, 5.41) is 0. The predicted molar refractivity (Wildman–Crippen MR) is 111 cm³/mol. The summed E-state index contributed by atoms with van der Waals surface area (Å²) in [4.78, 5) is 17.0. The van der Waals surface area contributed by atoms with Crippen LogP contribution in [-0.4, -0.2) is 58.6 Å². The molecule has 0 spiro atoms. The van der Waals surface area contributed by atoms with E-state index in [-0.39, 0.29) is 22.6 Å². The van der Waals surface area contributed by atoms with E-state index in [0.717, 1.165) is 31.6 Å². The molecule has 1 aliphatic carbocycles. The van der Waals surface area contributed by atoms with Crippen molar-refractivity contribution in [1.82, 2.24) is 9.62 Å². The molecule has 1 saturated carbocycles. The first kappa shape index (κ1) is 19.7. The van der Waals surface area contributed by atoms with Crippen LogP contribution in [-0.2, 0) is 10.0 Å². The minimum Gasteiger partial charge on any atom is -0.495 e. The maximum atomic E-state index is 13.0. The number of sulfonamides is 1. The summed E-state index contributed by atoms with van der Waals surface area (Å²) in [6.07, 6.45) is 1.68. The Labute approximate surface area is 171 Å². The van der Waals surface area contributed by atoms with Crippen LogP contribution in [0.25, 0.3) is 0 Å². The molecule has 1 amide bonds. The molecule has 8 heteroatoms. The van der Waals surface area contributed by atoms with E-state index in [1.807, 2.05) is 18.2 Å². The van der Waals surface area contributed by atoms with Gasteiger partial charge in [-0.25, -0.2) is 13.1 Å². The first-order valence-electron chi connectivity index (χ1n) is 9.77. The van der Waals surface area contributed by atoms with E-state index in [0.29, 0.717) is 18.7 Å². The van der Waals surface area contributed by atoms with Crippen LogP contribution in [0, 0.1) is 0 Å². The van der Waals surface area contributed by atoms with E-state index in [2.05, 4.69) is 21.8 Å². The van der Waals surface area contributed by atoms with Crippen LogP contribution in [0.3, 0.4) is 0 Å². The average Bonchev–Trinajstić information content (AvgIpc) is 3.57. The molecule has 0 unspecified atom stereocenters. The number of rotatable bonds is 6. The molecule has 1 aliphatic heterocycles. The van der Waals surface area contributed by atoms with Crippen molar-refractivity contribution in [3.63, 3.8) is 0 Å². The van der Waals surface area contributed by atoms with Gasteiger partial charge >= 0.3 is 0 Å². The Balaban J connectivity index is 1.49. The number of piperazine rings is 1. The zero-order valence-corrected chi connectivity index (χ0v) is 17.2. The molecule has 7 nitrogen and oxygen atoms in total. The van der Waals surface area contributed by atoms with Gasteiger partial charge in [0.1, 0.15) is 10.6 Å². The normalized spacial score (nSPS) is 17.3. The van der Waals surface area contributed by atoms with Gasteiger partial charge < -0.3 is 14.5 Å². The third-order valence-corrected chi connectivity index (χ3v) is 6.83. The number of hydrogen-bond donors (Lipinski definition) is 1. The van der Waals surface area contributed by atoms with E-state index in [1.165, 1.54) is 13.2 Å². The molecular weight excluding hydrogens is 390 g/mol. The van der Waals surface area contributed by atoms with Crippen molar-refractivity contribution in [2.75, 3.05) is 38.2 Å². The molecular formula is C21H25N3O4S. The Morgan fingerprint density at radius 2 is 1.72 bits per heavy atom. The topological polar surface area (TPSA) is 79.0 Å². The fourth-order valence-electron chi connectivity index (χ4n) is 3.49. The van der Waals surface area contributed by atoms with Gasteiger partial charge in [0.15, 0.2) is 0 Å². The van der Waals surface area contributed by atoms with Crippen LogP contribution >= 0.6 is 0 Å². The molecule has 2 aliphatic rings. The third-order valence-electron chi connectivity index (χ3n) is 5.29. The molecule has 2 fully saturated rings. The summed E-state index contributed by atoms with van der Waals surface area (Å²) in [7, 11) is -2.30. The lowest BCUT2D eigenvalue weighted by Gasteiger charge is -2.36. The highest BCUT2D eigenvalue weighted by molar-refractivity contribution is 7.89. The molecule has 0 bridgehead atoms. The van der Waals surface area contributed by atoms with Crippen LogP contribution in [0.4, 0.5) is 5.69 Å². The van der Waals surface area contributed by atoms with Crippen molar-refractivity contribution >= 4 is 21.6 Å². The second-order valence-electron chi connectivity index (χ2n) is 7.38. The Hall–Kier alpha value is -2.58. The lowest BCUT2D eigenvalue weighted by atomic mass is 10.1. The van der Waals surface area contributed by atoms with Gasteiger partial charge in [-0.15, -0.1) is 0 Å². The molecule has 0 radical (unpaired) electrons. The van der Waals surface area contributed by atoms with Crippen molar-refractivity contribution in [3.8, 4) is 5.75 Å². The Morgan fingerprint density at radius 1 is 1.03 bits per heavy atom. The van der Waals surface area contributed by atoms with E-state index >= 15 is 0 Å². The molecule has 2 aromatic rings. The van der Waals surface area contributed by atoms with Crippen molar-refractivity contribution in [3.05, 3.63) is 54.1 Å². The highest BCUT2D eigenvalue weighted by Crippen LogP contribution is 2.29. The van der Waals surface area contributed by atoms with Gasteiger partial charge in [-0.05, 0) is 43.2 Å². The number of para-hydroxylation sites is 1. The third kappa shape index (κ3) is 4.38. The van der Waals surface area contributed by atoms with E-state index < -0.39 is 10.0 Å². The highest BCUT2D eigenvalue weighted by Gasteiger charge is 2.31. The van der Waals surface area contributed by atoms with Gasteiger partial charge in [-0.1, -0.05) is 18.2 Å². The maximum Gasteiger partial charge on any atom is 0.254 e. The number of benzene rings is 2. The molecule has 29 heavy (non-hydrogen) atoms. The van der Waals surface area contributed by atoms with Gasteiger partial charge in [0, 0.05) is 43.5 Å². The smallest absolute Gasteiger partial charge is 0.254 e. The number of nitrogens with one attached hydrogen (secondary N) is 1. The Kier molecular flexibility index (Phi) is 5.47. The first-order chi connectivity index (χ1) is 14.0. The monoisotopic (exact) mass is 415 g/mol. The highest BCUT2D eigenvalue weighted by atomic mass is 32.2. The summed E-state index contributed by atoms with van der Waals surface area (Å²) in [5.74, 6) is 0.0758. The molecule has 1 heterocycles. The lowest BCUT2D eigenvalue weighted by molar-refractivity contribution is 0.0746.